The van der Waals surface area contributed by atoms with Gasteiger partial charge in [0.25, 0.3) is 0 Å². The molecule has 3 rings (SSSR count). The maximum atomic E-state index is 4.67. The molecular weight excluding hydrogens is 228 g/mol. The number of nitrogens with zero attached hydrogens (tertiary/aromatic N) is 2. The zero-order valence-electron chi connectivity index (χ0n) is 9.55. The smallest absolute Gasteiger partial charge is 0.141 e. The van der Waals surface area contributed by atoms with Gasteiger partial charge in [-0.15, -0.1) is 11.3 Å². The van der Waals surface area contributed by atoms with Gasteiger partial charge in [-0.25, -0.2) is 9.97 Å². The second kappa shape index (κ2) is 4.26. The Morgan fingerprint density at radius 1 is 1.24 bits per heavy atom. The first-order chi connectivity index (χ1) is 8.38. The molecule has 0 atom stereocenters. The zero-order chi connectivity index (χ0) is 11.7. The van der Waals surface area contributed by atoms with Gasteiger partial charge in [-0.1, -0.05) is 25.1 Å². The molecule has 2 nitrogen and oxygen atoms in total. The van der Waals surface area contributed by atoms with Gasteiger partial charge < -0.3 is 0 Å². The zero-order valence-corrected chi connectivity index (χ0v) is 10.4. The molecule has 0 saturated heterocycles. The third-order valence-electron chi connectivity index (χ3n) is 2.83. The Hall–Kier alpha value is -1.74. The lowest BCUT2D eigenvalue weighted by molar-refractivity contribution is 1.15. The highest BCUT2D eigenvalue weighted by molar-refractivity contribution is 7.13. The molecule has 0 amide bonds. The van der Waals surface area contributed by atoms with E-state index in [1.165, 1.54) is 10.9 Å². The van der Waals surface area contributed by atoms with Gasteiger partial charge in [-0.3, -0.25) is 0 Å². The van der Waals surface area contributed by atoms with Crippen molar-refractivity contribution in [2.24, 2.45) is 0 Å². The summed E-state index contributed by atoms with van der Waals surface area (Å²) in [5.74, 6) is 0. The SMILES string of the molecule is CCc1cc(-c2nccs2)nc2ccccc12. The molecule has 0 fully saturated rings. The van der Waals surface area contributed by atoms with E-state index >= 15 is 0 Å². The van der Waals surface area contributed by atoms with E-state index in [0.717, 1.165) is 22.6 Å². The van der Waals surface area contributed by atoms with E-state index in [-0.39, 0.29) is 0 Å². The summed E-state index contributed by atoms with van der Waals surface area (Å²) in [6.45, 7) is 2.17. The Morgan fingerprint density at radius 3 is 2.88 bits per heavy atom. The first-order valence-corrected chi connectivity index (χ1v) is 6.55. The lowest BCUT2D eigenvalue weighted by atomic mass is 10.1. The number of benzene rings is 1. The van der Waals surface area contributed by atoms with Gasteiger partial charge in [0.05, 0.1) is 11.2 Å². The number of fused-ring (bicyclic) bond motifs is 1. The van der Waals surface area contributed by atoms with Crippen LogP contribution in [0.1, 0.15) is 12.5 Å². The van der Waals surface area contributed by atoms with Crippen molar-refractivity contribution >= 4 is 22.2 Å². The standard InChI is InChI=1S/C14H12N2S/c1-2-10-9-13(14-15-7-8-17-14)16-12-6-4-3-5-11(10)12/h3-9H,2H2,1H3. The number of pyridine rings is 1. The average molecular weight is 240 g/mol. The van der Waals surface area contributed by atoms with Gasteiger partial charge in [-0.2, -0.15) is 0 Å². The predicted molar refractivity (Wildman–Crippen MR) is 72.2 cm³/mol. The molecule has 0 aliphatic rings. The van der Waals surface area contributed by atoms with Gasteiger partial charge in [0.2, 0.25) is 0 Å². The van der Waals surface area contributed by atoms with Crippen LogP contribution < -0.4 is 0 Å². The fourth-order valence-corrected chi connectivity index (χ4v) is 2.60. The monoisotopic (exact) mass is 240 g/mol. The molecule has 2 heterocycles. The van der Waals surface area contributed by atoms with Crippen molar-refractivity contribution in [2.45, 2.75) is 13.3 Å². The normalized spacial score (nSPS) is 10.9. The van der Waals surface area contributed by atoms with Crippen molar-refractivity contribution in [3.05, 3.63) is 47.5 Å². The van der Waals surface area contributed by atoms with Crippen LogP contribution in [-0.2, 0) is 6.42 Å². The van der Waals surface area contributed by atoms with Crippen LogP contribution in [0.15, 0.2) is 41.9 Å². The summed E-state index contributed by atoms with van der Waals surface area (Å²) in [5.41, 5.74) is 3.37. The first-order valence-electron chi connectivity index (χ1n) is 5.67. The minimum Gasteiger partial charge on any atom is -0.245 e. The first kappa shape index (κ1) is 10.4. The van der Waals surface area contributed by atoms with Crippen LogP contribution >= 0.6 is 11.3 Å². The summed E-state index contributed by atoms with van der Waals surface area (Å²) in [6, 6.07) is 10.4. The minimum atomic E-state index is 0.982. The quantitative estimate of drug-likeness (QED) is 0.678. The average Bonchev–Trinajstić information content (AvgIpc) is 2.91. The second-order valence-corrected chi connectivity index (χ2v) is 4.77. The second-order valence-electron chi connectivity index (χ2n) is 3.87. The van der Waals surface area contributed by atoms with Gasteiger partial charge >= 0.3 is 0 Å². The maximum absolute atomic E-state index is 4.67. The highest BCUT2D eigenvalue weighted by atomic mass is 32.1. The highest BCUT2D eigenvalue weighted by Gasteiger charge is 2.07. The topological polar surface area (TPSA) is 25.8 Å². The van der Waals surface area contributed by atoms with Crippen LogP contribution in [0, 0.1) is 0 Å². The summed E-state index contributed by atoms with van der Waals surface area (Å²) in [6.07, 6.45) is 2.84. The lowest BCUT2D eigenvalue weighted by Gasteiger charge is -2.06. The molecule has 2 aromatic heterocycles. The van der Waals surface area contributed by atoms with Crippen LogP contribution in [0.5, 0.6) is 0 Å². The Morgan fingerprint density at radius 2 is 2.12 bits per heavy atom. The Bertz CT molecular complexity index is 644. The van der Waals surface area contributed by atoms with Gasteiger partial charge in [0.1, 0.15) is 5.01 Å². The summed E-state index contributed by atoms with van der Waals surface area (Å²) >= 11 is 1.63. The molecule has 0 bridgehead atoms. The van der Waals surface area contributed by atoms with Crippen LogP contribution in [0.3, 0.4) is 0 Å². The van der Waals surface area contributed by atoms with Crippen molar-refractivity contribution in [3.8, 4) is 10.7 Å². The molecule has 1 aromatic carbocycles. The van der Waals surface area contributed by atoms with Gasteiger partial charge in [-0.05, 0) is 24.1 Å². The summed E-state index contributed by atoms with van der Waals surface area (Å²) in [5, 5.41) is 4.22. The van der Waals surface area contributed by atoms with Gasteiger partial charge in [0, 0.05) is 17.0 Å². The Labute approximate surface area is 104 Å². The van der Waals surface area contributed by atoms with Crippen molar-refractivity contribution in [1.29, 1.82) is 0 Å². The molecular formula is C14H12N2S. The van der Waals surface area contributed by atoms with E-state index in [2.05, 4.69) is 41.2 Å². The van der Waals surface area contributed by atoms with E-state index in [4.69, 9.17) is 0 Å². The number of rotatable bonds is 2. The van der Waals surface area contributed by atoms with E-state index in [1.54, 1.807) is 11.3 Å². The number of para-hydroxylation sites is 1. The molecule has 0 spiro atoms. The molecule has 0 aliphatic carbocycles. The predicted octanol–water partition coefficient (Wildman–Crippen LogP) is 3.92. The molecule has 0 aliphatic heterocycles. The van der Waals surface area contributed by atoms with Crippen molar-refractivity contribution in [2.75, 3.05) is 0 Å². The number of aryl methyl sites for hydroxylation is 1. The maximum Gasteiger partial charge on any atom is 0.141 e. The summed E-state index contributed by atoms with van der Waals surface area (Å²) in [4.78, 5) is 9.00. The largest absolute Gasteiger partial charge is 0.245 e. The van der Waals surface area contributed by atoms with Crippen LogP contribution in [-0.4, -0.2) is 9.97 Å². The molecule has 3 heteroatoms. The number of thiazole rings is 1. The van der Waals surface area contributed by atoms with E-state index in [0.29, 0.717) is 0 Å². The molecule has 0 saturated carbocycles. The molecule has 3 aromatic rings. The summed E-state index contributed by atoms with van der Waals surface area (Å²) < 4.78 is 0. The van der Waals surface area contributed by atoms with E-state index < -0.39 is 0 Å². The van der Waals surface area contributed by atoms with Crippen molar-refractivity contribution < 1.29 is 0 Å². The molecule has 0 unspecified atom stereocenters. The summed E-state index contributed by atoms with van der Waals surface area (Å²) in [7, 11) is 0. The number of hydrogen-bond donors (Lipinski definition) is 0. The fourth-order valence-electron chi connectivity index (χ4n) is 2.00. The number of aromatic nitrogens is 2. The fraction of sp³-hybridized carbons (Fsp3) is 0.143. The van der Waals surface area contributed by atoms with E-state index in [9.17, 15) is 0 Å². The molecule has 84 valence electrons. The van der Waals surface area contributed by atoms with Crippen molar-refractivity contribution in [1.82, 2.24) is 9.97 Å². The highest BCUT2D eigenvalue weighted by Crippen LogP contribution is 2.26. The number of hydrogen-bond acceptors (Lipinski definition) is 3. The molecule has 17 heavy (non-hydrogen) atoms. The third-order valence-corrected chi connectivity index (χ3v) is 3.63. The van der Waals surface area contributed by atoms with Crippen LogP contribution in [0.25, 0.3) is 21.6 Å². The lowest BCUT2D eigenvalue weighted by Crippen LogP contribution is -1.90. The Balaban J connectivity index is 2.28. The minimum absolute atomic E-state index is 0.982. The van der Waals surface area contributed by atoms with Crippen molar-refractivity contribution in [3.63, 3.8) is 0 Å². The Kier molecular flexibility index (Phi) is 2.61. The van der Waals surface area contributed by atoms with Crippen LogP contribution in [0.4, 0.5) is 0 Å². The van der Waals surface area contributed by atoms with Gasteiger partial charge in [0.15, 0.2) is 0 Å². The van der Waals surface area contributed by atoms with E-state index in [1.807, 2.05) is 17.6 Å². The molecule has 0 N–H and O–H groups in total. The van der Waals surface area contributed by atoms with Crippen LogP contribution in [0.2, 0.25) is 0 Å². The molecule has 0 radical (unpaired) electrons. The third kappa shape index (κ3) is 1.83.